The van der Waals surface area contributed by atoms with Gasteiger partial charge >= 0.3 is 0 Å². The van der Waals surface area contributed by atoms with E-state index in [1.54, 1.807) is 12.4 Å². The number of aryl methyl sites for hydroxylation is 1. The van der Waals surface area contributed by atoms with Crippen LogP contribution in [0, 0.1) is 0 Å². The van der Waals surface area contributed by atoms with E-state index in [9.17, 15) is 0 Å². The number of aromatic nitrogens is 5. The molecule has 1 N–H and O–H groups in total. The van der Waals surface area contributed by atoms with Crippen molar-refractivity contribution in [1.82, 2.24) is 24.7 Å². The molecule has 2 aliphatic rings. The van der Waals surface area contributed by atoms with Crippen LogP contribution in [0.3, 0.4) is 0 Å². The van der Waals surface area contributed by atoms with Crippen LogP contribution >= 0.6 is 0 Å². The summed E-state index contributed by atoms with van der Waals surface area (Å²) in [6.07, 6.45) is 13.1. The first-order chi connectivity index (χ1) is 13.3. The smallest absolute Gasteiger partial charge is 0.163 e. The first-order valence-corrected chi connectivity index (χ1v) is 9.56. The van der Waals surface area contributed by atoms with Crippen molar-refractivity contribution in [2.45, 2.75) is 44.8 Å². The van der Waals surface area contributed by atoms with Crippen LogP contribution in [-0.4, -0.2) is 37.4 Å². The summed E-state index contributed by atoms with van der Waals surface area (Å²) < 4.78 is 7.65. The van der Waals surface area contributed by atoms with E-state index in [4.69, 9.17) is 14.7 Å². The van der Waals surface area contributed by atoms with Crippen molar-refractivity contribution in [2.24, 2.45) is 0 Å². The highest BCUT2D eigenvalue weighted by Crippen LogP contribution is 2.30. The Bertz CT molecular complexity index is 933. The molecule has 0 spiro atoms. The van der Waals surface area contributed by atoms with Crippen molar-refractivity contribution in [3.05, 3.63) is 48.2 Å². The Balaban J connectivity index is 1.41. The van der Waals surface area contributed by atoms with Gasteiger partial charge in [-0.25, -0.2) is 9.97 Å². The molecule has 7 heteroatoms. The van der Waals surface area contributed by atoms with Gasteiger partial charge in [0, 0.05) is 42.0 Å². The molecule has 1 aliphatic heterocycles. The molecule has 138 valence electrons. The van der Waals surface area contributed by atoms with Gasteiger partial charge in [-0.3, -0.25) is 9.67 Å². The fourth-order valence-corrected chi connectivity index (χ4v) is 3.82. The molecule has 1 saturated heterocycles. The van der Waals surface area contributed by atoms with Gasteiger partial charge in [-0.1, -0.05) is 0 Å². The average Bonchev–Trinajstić information content (AvgIpc) is 3.45. The van der Waals surface area contributed by atoms with Gasteiger partial charge in [0.1, 0.15) is 5.82 Å². The third kappa shape index (κ3) is 3.42. The lowest BCUT2D eigenvalue weighted by atomic mass is 10.2. The molecule has 0 bridgehead atoms. The second-order valence-electron chi connectivity index (χ2n) is 7.13. The molecule has 7 nitrogen and oxygen atoms in total. The summed E-state index contributed by atoms with van der Waals surface area (Å²) in [5, 5.41) is 7.93. The standard InChI is InChI=1S/C20H22N6O/c1-6-17-18(7-1)24-19(14-4-2-8-21-10-14)25-20(17)23-15-11-22-26(12-15)13-16-5-3-9-27-16/h2,4,8,10-12,16H,1,3,5-7,9,13H2,(H,23,24,25). The predicted molar refractivity (Wildman–Crippen MR) is 102 cm³/mol. The van der Waals surface area contributed by atoms with Crippen molar-refractivity contribution < 1.29 is 4.74 Å². The molecule has 3 aromatic rings. The van der Waals surface area contributed by atoms with Crippen LogP contribution in [0.1, 0.15) is 30.5 Å². The van der Waals surface area contributed by atoms with Gasteiger partial charge in [0.15, 0.2) is 5.82 Å². The van der Waals surface area contributed by atoms with Crippen molar-refractivity contribution in [3.63, 3.8) is 0 Å². The summed E-state index contributed by atoms with van der Waals surface area (Å²) in [5.41, 5.74) is 4.23. The largest absolute Gasteiger partial charge is 0.376 e. The van der Waals surface area contributed by atoms with Gasteiger partial charge in [0.2, 0.25) is 0 Å². The van der Waals surface area contributed by atoms with Gasteiger partial charge in [-0.2, -0.15) is 5.10 Å². The van der Waals surface area contributed by atoms with E-state index in [1.807, 2.05) is 29.2 Å². The van der Waals surface area contributed by atoms with E-state index in [1.165, 1.54) is 5.56 Å². The van der Waals surface area contributed by atoms with Gasteiger partial charge < -0.3 is 10.1 Å². The molecule has 1 unspecified atom stereocenters. The van der Waals surface area contributed by atoms with Crippen LogP contribution in [0.2, 0.25) is 0 Å². The Labute approximate surface area is 157 Å². The number of rotatable bonds is 5. The molecule has 0 aromatic carbocycles. The molecule has 1 fully saturated rings. The van der Waals surface area contributed by atoms with Crippen LogP contribution in [0.5, 0.6) is 0 Å². The molecule has 0 saturated carbocycles. The van der Waals surface area contributed by atoms with E-state index >= 15 is 0 Å². The number of hydrogen-bond acceptors (Lipinski definition) is 6. The second kappa shape index (κ2) is 7.08. The van der Waals surface area contributed by atoms with Crippen molar-refractivity contribution >= 4 is 11.5 Å². The molecule has 0 amide bonds. The summed E-state index contributed by atoms with van der Waals surface area (Å²) in [5.74, 6) is 1.60. The lowest BCUT2D eigenvalue weighted by Gasteiger charge is -2.11. The summed E-state index contributed by atoms with van der Waals surface area (Å²) in [4.78, 5) is 13.8. The first kappa shape index (κ1) is 16.4. The quantitative estimate of drug-likeness (QED) is 0.751. The maximum atomic E-state index is 5.70. The Morgan fingerprint density at radius 1 is 1.19 bits per heavy atom. The van der Waals surface area contributed by atoms with Crippen LogP contribution in [-0.2, 0) is 24.1 Å². The molecule has 4 heterocycles. The number of pyridine rings is 1. The van der Waals surface area contributed by atoms with Crippen LogP contribution < -0.4 is 5.32 Å². The normalized spacial score (nSPS) is 18.6. The fourth-order valence-electron chi connectivity index (χ4n) is 3.82. The Morgan fingerprint density at radius 2 is 2.19 bits per heavy atom. The van der Waals surface area contributed by atoms with E-state index in [-0.39, 0.29) is 6.10 Å². The first-order valence-electron chi connectivity index (χ1n) is 9.56. The number of ether oxygens (including phenoxy) is 1. The fraction of sp³-hybridized carbons (Fsp3) is 0.400. The van der Waals surface area contributed by atoms with E-state index in [0.29, 0.717) is 0 Å². The Morgan fingerprint density at radius 3 is 3.04 bits per heavy atom. The van der Waals surface area contributed by atoms with Crippen LogP contribution in [0.15, 0.2) is 36.9 Å². The summed E-state index contributed by atoms with van der Waals surface area (Å²) in [6.45, 7) is 1.66. The maximum absolute atomic E-state index is 5.70. The van der Waals surface area contributed by atoms with E-state index in [0.717, 1.165) is 73.8 Å². The lowest BCUT2D eigenvalue weighted by Crippen LogP contribution is -2.15. The molecule has 1 atom stereocenters. The zero-order valence-corrected chi connectivity index (χ0v) is 15.1. The number of nitrogens with zero attached hydrogens (tertiary/aromatic N) is 5. The summed E-state index contributed by atoms with van der Waals surface area (Å²) >= 11 is 0. The molecule has 5 rings (SSSR count). The maximum Gasteiger partial charge on any atom is 0.163 e. The molecule has 1 aliphatic carbocycles. The van der Waals surface area contributed by atoms with Crippen LogP contribution in [0.25, 0.3) is 11.4 Å². The van der Waals surface area contributed by atoms with Gasteiger partial charge in [-0.15, -0.1) is 0 Å². The van der Waals surface area contributed by atoms with Crippen molar-refractivity contribution in [3.8, 4) is 11.4 Å². The topological polar surface area (TPSA) is 77.8 Å². The van der Waals surface area contributed by atoms with Gasteiger partial charge in [0.05, 0.1) is 24.5 Å². The van der Waals surface area contributed by atoms with Gasteiger partial charge in [0.25, 0.3) is 0 Å². The third-order valence-corrected chi connectivity index (χ3v) is 5.16. The minimum atomic E-state index is 0.276. The zero-order chi connectivity index (χ0) is 18.1. The third-order valence-electron chi connectivity index (χ3n) is 5.16. The number of fused-ring (bicyclic) bond motifs is 1. The second-order valence-corrected chi connectivity index (χ2v) is 7.13. The zero-order valence-electron chi connectivity index (χ0n) is 15.1. The molecule has 27 heavy (non-hydrogen) atoms. The molecule has 3 aromatic heterocycles. The molecular formula is C20H22N6O. The lowest BCUT2D eigenvalue weighted by molar-refractivity contribution is 0.0940. The number of hydrogen-bond donors (Lipinski definition) is 1. The number of nitrogens with one attached hydrogen (secondary N) is 1. The highest BCUT2D eigenvalue weighted by molar-refractivity contribution is 5.64. The minimum absolute atomic E-state index is 0.276. The summed E-state index contributed by atoms with van der Waals surface area (Å²) in [6, 6.07) is 3.90. The predicted octanol–water partition coefficient (Wildman–Crippen LogP) is 3.15. The Hall–Kier alpha value is -2.80. The van der Waals surface area contributed by atoms with Gasteiger partial charge in [-0.05, 0) is 44.2 Å². The molecular weight excluding hydrogens is 340 g/mol. The average molecular weight is 362 g/mol. The van der Waals surface area contributed by atoms with Crippen molar-refractivity contribution in [1.29, 1.82) is 0 Å². The minimum Gasteiger partial charge on any atom is -0.376 e. The highest BCUT2D eigenvalue weighted by atomic mass is 16.5. The monoisotopic (exact) mass is 362 g/mol. The molecule has 0 radical (unpaired) electrons. The Kier molecular flexibility index (Phi) is 4.29. The van der Waals surface area contributed by atoms with Crippen molar-refractivity contribution in [2.75, 3.05) is 11.9 Å². The highest BCUT2D eigenvalue weighted by Gasteiger charge is 2.21. The number of anilines is 2. The summed E-state index contributed by atoms with van der Waals surface area (Å²) in [7, 11) is 0. The van der Waals surface area contributed by atoms with E-state index < -0.39 is 0 Å². The van der Waals surface area contributed by atoms with E-state index in [2.05, 4.69) is 15.4 Å². The SMILES string of the molecule is c1cncc(-c2nc3c(c(Nc4cnn(CC5CCCO5)c4)n2)CCC3)c1. The van der Waals surface area contributed by atoms with Crippen LogP contribution in [0.4, 0.5) is 11.5 Å².